The van der Waals surface area contributed by atoms with Gasteiger partial charge < -0.3 is 10.6 Å². The lowest BCUT2D eigenvalue weighted by Crippen LogP contribution is -2.26. The van der Waals surface area contributed by atoms with Crippen LogP contribution in [0.2, 0.25) is 0 Å². The highest BCUT2D eigenvalue weighted by molar-refractivity contribution is 5.71. The smallest absolute Gasteiger partial charge is 0.101 e. The second-order valence-corrected chi connectivity index (χ2v) is 5.20. The van der Waals surface area contributed by atoms with Crippen LogP contribution in [0.25, 0.3) is 11.1 Å². The largest absolute Gasteiger partial charge is 0.369 e. The summed E-state index contributed by atoms with van der Waals surface area (Å²) in [7, 11) is 0. The molecule has 0 aliphatic carbocycles. The summed E-state index contributed by atoms with van der Waals surface area (Å²) in [6.07, 6.45) is 0.991. The normalized spacial score (nSPS) is 18.0. The van der Waals surface area contributed by atoms with Gasteiger partial charge in [-0.15, -0.1) is 0 Å². The third-order valence-electron chi connectivity index (χ3n) is 3.79. The van der Waals surface area contributed by atoms with E-state index in [0.29, 0.717) is 0 Å². The molecule has 0 bridgehead atoms. The van der Waals surface area contributed by atoms with Crippen LogP contribution in [0.4, 0.5) is 5.69 Å². The topological polar surface area (TPSA) is 53.0 Å². The molecule has 1 aliphatic heterocycles. The highest BCUT2D eigenvalue weighted by atomic mass is 15.2. The predicted molar refractivity (Wildman–Crippen MR) is 81.4 cm³/mol. The Bertz CT molecular complexity index is 643. The monoisotopic (exact) mass is 263 g/mol. The highest BCUT2D eigenvalue weighted by Crippen LogP contribution is 2.29. The molecule has 2 aromatic rings. The maximum absolute atomic E-state index is 9.41. The van der Waals surface area contributed by atoms with Crippen molar-refractivity contribution >= 4 is 5.69 Å². The standard InChI is InChI=1S/C17H17N3/c18-11-15-10-14(13-4-2-1-3-5-13)6-7-17(15)20-9-8-16(19)12-20/h1-7,10,16H,8-9,12,19H2. The van der Waals surface area contributed by atoms with Gasteiger partial charge in [-0.3, -0.25) is 0 Å². The van der Waals surface area contributed by atoms with Gasteiger partial charge in [0.25, 0.3) is 0 Å². The van der Waals surface area contributed by atoms with Gasteiger partial charge >= 0.3 is 0 Å². The van der Waals surface area contributed by atoms with E-state index in [4.69, 9.17) is 5.73 Å². The van der Waals surface area contributed by atoms with Crippen molar-refractivity contribution in [2.45, 2.75) is 12.5 Å². The van der Waals surface area contributed by atoms with Gasteiger partial charge in [-0.05, 0) is 29.7 Å². The van der Waals surface area contributed by atoms with E-state index in [9.17, 15) is 5.26 Å². The summed E-state index contributed by atoms with van der Waals surface area (Å²) >= 11 is 0. The van der Waals surface area contributed by atoms with Crippen molar-refractivity contribution in [3.63, 3.8) is 0 Å². The molecule has 0 radical (unpaired) electrons. The van der Waals surface area contributed by atoms with Crippen molar-refractivity contribution in [1.82, 2.24) is 0 Å². The number of benzene rings is 2. The Hall–Kier alpha value is -2.31. The van der Waals surface area contributed by atoms with Gasteiger partial charge in [-0.25, -0.2) is 0 Å². The first-order valence-electron chi connectivity index (χ1n) is 6.88. The zero-order chi connectivity index (χ0) is 13.9. The van der Waals surface area contributed by atoms with Crippen molar-refractivity contribution in [3.8, 4) is 17.2 Å². The molecule has 100 valence electrons. The molecule has 0 amide bonds. The summed E-state index contributed by atoms with van der Waals surface area (Å²) in [6, 6.07) is 18.7. The fraction of sp³-hybridized carbons (Fsp3) is 0.235. The predicted octanol–water partition coefficient (Wildman–Crippen LogP) is 2.76. The van der Waals surface area contributed by atoms with E-state index in [0.717, 1.165) is 41.9 Å². The molecule has 20 heavy (non-hydrogen) atoms. The van der Waals surface area contributed by atoms with E-state index in [-0.39, 0.29) is 6.04 Å². The Balaban J connectivity index is 1.97. The van der Waals surface area contributed by atoms with Crippen LogP contribution in [0, 0.1) is 11.3 Å². The van der Waals surface area contributed by atoms with Crippen molar-refractivity contribution in [2.24, 2.45) is 5.73 Å². The van der Waals surface area contributed by atoms with E-state index in [2.05, 4.69) is 29.2 Å². The van der Waals surface area contributed by atoms with E-state index in [1.165, 1.54) is 0 Å². The van der Waals surface area contributed by atoms with Crippen LogP contribution in [0.5, 0.6) is 0 Å². The summed E-state index contributed by atoms with van der Waals surface area (Å²) in [4.78, 5) is 2.21. The summed E-state index contributed by atoms with van der Waals surface area (Å²) in [5.74, 6) is 0. The Kier molecular flexibility index (Phi) is 3.41. The Morgan fingerprint density at radius 2 is 1.90 bits per heavy atom. The maximum Gasteiger partial charge on any atom is 0.101 e. The number of hydrogen-bond acceptors (Lipinski definition) is 3. The summed E-state index contributed by atoms with van der Waals surface area (Å²) in [6.45, 7) is 1.76. The van der Waals surface area contributed by atoms with Crippen LogP contribution in [0.15, 0.2) is 48.5 Å². The van der Waals surface area contributed by atoms with Gasteiger partial charge in [0.15, 0.2) is 0 Å². The SMILES string of the molecule is N#Cc1cc(-c2ccccc2)ccc1N1CCC(N)C1. The molecular weight excluding hydrogens is 246 g/mol. The Morgan fingerprint density at radius 3 is 2.55 bits per heavy atom. The average molecular weight is 263 g/mol. The van der Waals surface area contributed by atoms with Crippen molar-refractivity contribution < 1.29 is 0 Å². The summed E-state index contributed by atoms with van der Waals surface area (Å²) in [5.41, 5.74) is 9.88. The number of hydrogen-bond donors (Lipinski definition) is 1. The second kappa shape index (κ2) is 5.36. The minimum Gasteiger partial charge on any atom is -0.369 e. The third kappa shape index (κ3) is 2.38. The first-order chi connectivity index (χ1) is 9.78. The number of nitrogens with two attached hydrogens (primary N) is 1. The zero-order valence-electron chi connectivity index (χ0n) is 11.3. The molecule has 0 saturated carbocycles. The highest BCUT2D eigenvalue weighted by Gasteiger charge is 2.21. The van der Waals surface area contributed by atoms with Crippen molar-refractivity contribution in [1.29, 1.82) is 5.26 Å². The number of nitrogens with zero attached hydrogens (tertiary/aromatic N) is 2. The first-order valence-corrected chi connectivity index (χ1v) is 6.88. The van der Waals surface area contributed by atoms with Crippen LogP contribution in [0.1, 0.15) is 12.0 Å². The van der Waals surface area contributed by atoms with Crippen LogP contribution < -0.4 is 10.6 Å². The van der Waals surface area contributed by atoms with Crippen LogP contribution in [0.3, 0.4) is 0 Å². The van der Waals surface area contributed by atoms with Gasteiger partial charge in [0.2, 0.25) is 0 Å². The molecule has 3 rings (SSSR count). The second-order valence-electron chi connectivity index (χ2n) is 5.20. The maximum atomic E-state index is 9.41. The molecule has 3 nitrogen and oxygen atoms in total. The van der Waals surface area contributed by atoms with Gasteiger partial charge in [0.1, 0.15) is 6.07 Å². The molecule has 2 N–H and O–H groups in total. The van der Waals surface area contributed by atoms with E-state index in [1.54, 1.807) is 0 Å². The quantitative estimate of drug-likeness (QED) is 0.906. The van der Waals surface area contributed by atoms with Gasteiger partial charge in [0, 0.05) is 19.1 Å². The minimum absolute atomic E-state index is 0.218. The minimum atomic E-state index is 0.218. The number of anilines is 1. The van der Waals surface area contributed by atoms with Crippen molar-refractivity contribution in [3.05, 3.63) is 54.1 Å². The lowest BCUT2D eigenvalue weighted by atomic mass is 10.0. The van der Waals surface area contributed by atoms with Crippen LogP contribution in [-0.4, -0.2) is 19.1 Å². The molecule has 2 aromatic carbocycles. The lowest BCUT2D eigenvalue weighted by molar-refractivity contribution is 0.752. The molecule has 1 atom stereocenters. The molecule has 1 heterocycles. The van der Waals surface area contributed by atoms with E-state index < -0.39 is 0 Å². The van der Waals surface area contributed by atoms with Crippen LogP contribution >= 0.6 is 0 Å². The third-order valence-corrected chi connectivity index (χ3v) is 3.79. The Morgan fingerprint density at radius 1 is 1.10 bits per heavy atom. The molecule has 1 unspecified atom stereocenters. The van der Waals surface area contributed by atoms with Gasteiger partial charge in [0.05, 0.1) is 11.3 Å². The molecule has 3 heteroatoms. The zero-order valence-corrected chi connectivity index (χ0v) is 11.3. The van der Waals surface area contributed by atoms with E-state index in [1.807, 2.05) is 30.3 Å². The van der Waals surface area contributed by atoms with Crippen LogP contribution in [-0.2, 0) is 0 Å². The molecule has 1 fully saturated rings. The van der Waals surface area contributed by atoms with E-state index >= 15 is 0 Å². The lowest BCUT2D eigenvalue weighted by Gasteiger charge is -2.20. The number of nitriles is 1. The first kappa shape index (κ1) is 12.7. The fourth-order valence-corrected chi connectivity index (χ4v) is 2.72. The van der Waals surface area contributed by atoms with Crippen molar-refractivity contribution in [2.75, 3.05) is 18.0 Å². The number of rotatable bonds is 2. The summed E-state index contributed by atoms with van der Waals surface area (Å²) in [5, 5.41) is 9.41. The summed E-state index contributed by atoms with van der Waals surface area (Å²) < 4.78 is 0. The molecule has 0 aromatic heterocycles. The fourth-order valence-electron chi connectivity index (χ4n) is 2.72. The molecule has 0 spiro atoms. The van der Waals surface area contributed by atoms with Gasteiger partial charge in [-0.1, -0.05) is 36.4 Å². The Labute approximate surface area is 119 Å². The average Bonchev–Trinajstić information content (AvgIpc) is 2.94. The molecular formula is C17H17N3. The molecule has 1 saturated heterocycles. The van der Waals surface area contributed by atoms with Gasteiger partial charge in [-0.2, -0.15) is 5.26 Å². The molecule has 1 aliphatic rings.